The molecule has 0 aliphatic carbocycles. The third-order valence-corrected chi connectivity index (χ3v) is 3.48. The second-order valence-corrected chi connectivity index (χ2v) is 4.16. The molecule has 1 unspecified atom stereocenters. The highest BCUT2D eigenvalue weighted by Gasteiger charge is 2.24. The molecule has 1 rings (SSSR count). The second-order valence-electron chi connectivity index (χ2n) is 2.91. The molecule has 3 heteroatoms. The molecule has 72 valence electrons. The normalized spacial score (nSPS) is 21.1. The highest BCUT2D eigenvalue weighted by Crippen LogP contribution is 2.37. The number of hydrogen-bond acceptors (Lipinski definition) is 3. The molecular weight excluding hydrogens is 184 g/mol. The summed E-state index contributed by atoms with van der Waals surface area (Å²) in [4.78, 5) is 11.9. The zero-order chi connectivity index (χ0) is 9.84. The van der Waals surface area contributed by atoms with Crippen molar-refractivity contribution in [2.45, 2.75) is 25.0 Å². The molecule has 1 aliphatic heterocycles. The van der Waals surface area contributed by atoms with Crippen molar-refractivity contribution in [3.8, 4) is 0 Å². The molecule has 0 aromatic rings. The average Bonchev–Trinajstić information content (AvgIpc) is 2.64. The van der Waals surface area contributed by atoms with Gasteiger partial charge in [0.05, 0.1) is 12.0 Å². The predicted octanol–water partition coefficient (Wildman–Crippen LogP) is 2.52. The molecule has 0 aromatic carbocycles. The van der Waals surface area contributed by atoms with Crippen molar-refractivity contribution in [2.24, 2.45) is 0 Å². The highest BCUT2D eigenvalue weighted by molar-refractivity contribution is 8.05. The summed E-state index contributed by atoms with van der Waals surface area (Å²) in [6, 6.07) is 0. The van der Waals surface area contributed by atoms with Crippen LogP contribution in [0.4, 0.5) is 0 Å². The van der Waals surface area contributed by atoms with Gasteiger partial charge in [0.1, 0.15) is 0 Å². The van der Waals surface area contributed by atoms with Crippen LogP contribution in [0.3, 0.4) is 0 Å². The van der Waals surface area contributed by atoms with E-state index < -0.39 is 0 Å². The van der Waals surface area contributed by atoms with Gasteiger partial charge in [-0.25, -0.2) is 4.79 Å². The van der Waals surface area contributed by atoms with E-state index in [0.717, 1.165) is 17.7 Å². The summed E-state index contributed by atoms with van der Waals surface area (Å²) in [5.41, 5.74) is 1.19. The lowest BCUT2D eigenvalue weighted by molar-refractivity contribution is -0.135. The Balaban J connectivity index is 2.51. The first-order chi connectivity index (χ1) is 6.19. The molecule has 0 amide bonds. The lowest BCUT2D eigenvalue weighted by Gasteiger charge is -2.10. The van der Waals surface area contributed by atoms with Crippen molar-refractivity contribution in [3.05, 3.63) is 23.1 Å². The summed E-state index contributed by atoms with van der Waals surface area (Å²) in [5.74, 6) is -0.226. The Hall–Kier alpha value is -0.700. The van der Waals surface area contributed by atoms with E-state index in [-0.39, 0.29) is 5.97 Å². The van der Waals surface area contributed by atoms with Crippen LogP contribution in [0.25, 0.3) is 0 Å². The van der Waals surface area contributed by atoms with Gasteiger partial charge in [-0.15, -0.1) is 11.8 Å². The minimum Gasteiger partial charge on any atom is -0.465 e. The van der Waals surface area contributed by atoms with Crippen LogP contribution in [0, 0.1) is 0 Å². The number of methoxy groups -OCH3 is 1. The van der Waals surface area contributed by atoms with Crippen LogP contribution in [-0.4, -0.2) is 18.3 Å². The van der Waals surface area contributed by atoms with E-state index in [0.29, 0.717) is 5.25 Å². The van der Waals surface area contributed by atoms with Gasteiger partial charge in [-0.05, 0) is 12.8 Å². The maximum atomic E-state index is 11.1. The fourth-order valence-electron chi connectivity index (χ4n) is 1.17. The number of thioether (sulfide) groups is 1. The van der Waals surface area contributed by atoms with E-state index in [1.165, 1.54) is 12.7 Å². The lowest BCUT2D eigenvalue weighted by Crippen LogP contribution is -2.03. The third kappa shape index (κ3) is 2.37. The summed E-state index contributed by atoms with van der Waals surface area (Å²) in [6.45, 7) is 6.05. The quantitative estimate of drug-likeness (QED) is 0.515. The molecule has 0 aromatic heterocycles. The number of allylic oxidation sites excluding steroid dienone is 1. The van der Waals surface area contributed by atoms with Crippen LogP contribution in [0.1, 0.15) is 19.8 Å². The van der Waals surface area contributed by atoms with Crippen LogP contribution in [0.15, 0.2) is 23.1 Å². The Morgan fingerprint density at radius 1 is 1.85 bits per heavy atom. The Morgan fingerprint density at radius 3 is 3.08 bits per heavy atom. The first-order valence-electron chi connectivity index (χ1n) is 4.31. The number of carbonyl (C=O) groups excluding carboxylic acids is 1. The van der Waals surface area contributed by atoms with Crippen LogP contribution in [0.2, 0.25) is 0 Å². The lowest BCUT2D eigenvalue weighted by atomic mass is 10.1. The highest BCUT2D eigenvalue weighted by atomic mass is 32.2. The molecule has 0 spiro atoms. The molecule has 0 fully saturated rings. The molecule has 0 N–H and O–H groups in total. The van der Waals surface area contributed by atoms with E-state index in [4.69, 9.17) is 0 Å². The summed E-state index contributed by atoms with van der Waals surface area (Å²) in [6.07, 6.45) is 3.81. The van der Waals surface area contributed by atoms with Gasteiger partial charge in [-0.3, -0.25) is 0 Å². The van der Waals surface area contributed by atoms with Gasteiger partial charge in [0.25, 0.3) is 0 Å². The van der Waals surface area contributed by atoms with Crippen LogP contribution < -0.4 is 0 Å². The summed E-state index contributed by atoms with van der Waals surface area (Å²) >= 11 is 1.56. The molecule has 1 heterocycles. The van der Waals surface area contributed by atoms with Gasteiger partial charge in [0.15, 0.2) is 0 Å². The molecule has 2 nitrogen and oxygen atoms in total. The van der Waals surface area contributed by atoms with Gasteiger partial charge >= 0.3 is 5.97 Å². The summed E-state index contributed by atoms with van der Waals surface area (Å²) < 4.78 is 4.64. The van der Waals surface area contributed by atoms with E-state index in [2.05, 4.69) is 18.2 Å². The van der Waals surface area contributed by atoms with Crippen molar-refractivity contribution in [2.75, 3.05) is 7.11 Å². The van der Waals surface area contributed by atoms with Crippen molar-refractivity contribution in [3.63, 3.8) is 0 Å². The number of carbonyl (C=O) groups is 1. The van der Waals surface area contributed by atoms with E-state index >= 15 is 0 Å². The topological polar surface area (TPSA) is 26.3 Å². The first-order valence-corrected chi connectivity index (χ1v) is 5.19. The first kappa shape index (κ1) is 10.4. The molecule has 0 saturated carbocycles. The Bertz CT molecular complexity index is 256. The van der Waals surface area contributed by atoms with Gasteiger partial charge in [-0.2, -0.15) is 0 Å². The number of rotatable bonds is 3. The van der Waals surface area contributed by atoms with Crippen molar-refractivity contribution in [1.29, 1.82) is 0 Å². The Kier molecular flexibility index (Phi) is 3.60. The van der Waals surface area contributed by atoms with Crippen LogP contribution in [-0.2, 0) is 9.53 Å². The van der Waals surface area contributed by atoms with Crippen LogP contribution >= 0.6 is 11.8 Å². The number of ether oxygens (including phenoxy) is 1. The minimum absolute atomic E-state index is 0.226. The van der Waals surface area contributed by atoms with E-state index in [9.17, 15) is 4.79 Å². The summed E-state index contributed by atoms with van der Waals surface area (Å²) in [5, 5.41) is 0.374. The number of hydrogen-bond donors (Lipinski definition) is 0. The molecule has 13 heavy (non-hydrogen) atoms. The molecule has 0 saturated heterocycles. The van der Waals surface area contributed by atoms with Crippen molar-refractivity contribution < 1.29 is 9.53 Å². The smallest absolute Gasteiger partial charge is 0.344 e. The minimum atomic E-state index is -0.226. The average molecular weight is 198 g/mol. The number of esters is 1. The standard InChI is InChI=1S/C10H14O2S/c1-4-7(2)8-5-6-9(13-8)10(11)12-3/h6,8H,2,4-5H2,1,3H3. The second kappa shape index (κ2) is 4.51. The zero-order valence-electron chi connectivity index (χ0n) is 8.00. The van der Waals surface area contributed by atoms with E-state index in [1.807, 2.05) is 6.08 Å². The third-order valence-electron chi connectivity index (χ3n) is 2.08. The Morgan fingerprint density at radius 2 is 2.54 bits per heavy atom. The fraction of sp³-hybridized carbons (Fsp3) is 0.500. The molecule has 1 aliphatic rings. The molecular formula is C10H14O2S. The SMILES string of the molecule is C=C(CC)C1CC=C(C(=O)OC)S1. The van der Waals surface area contributed by atoms with Gasteiger partial charge in [-0.1, -0.05) is 25.2 Å². The van der Waals surface area contributed by atoms with E-state index in [1.54, 1.807) is 11.8 Å². The maximum absolute atomic E-state index is 11.1. The van der Waals surface area contributed by atoms with Crippen molar-refractivity contribution >= 4 is 17.7 Å². The van der Waals surface area contributed by atoms with Crippen LogP contribution in [0.5, 0.6) is 0 Å². The molecule has 0 bridgehead atoms. The maximum Gasteiger partial charge on any atom is 0.344 e. The van der Waals surface area contributed by atoms with Gasteiger partial charge in [0.2, 0.25) is 0 Å². The monoisotopic (exact) mass is 198 g/mol. The summed E-state index contributed by atoms with van der Waals surface area (Å²) in [7, 11) is 1.41. The zero-order valence-corrected chi connectivity index (χ0v) is 8.82. The van der Waals surface area contributed by atoms with Gasteiger partial charge < -0.3 is 4.74 Å². The fourth-order valence-corrected chi connectivity index (χ4v) is 2.38. The Labute approximate surface area is 83.0 Å². The molecule has 1 atom stereocenters. The van der Waals surface area contributed by atoms with Gasteiger partial charge in [0, 0.05) is 5.25 Å². The largest absolute Gasteiger partial charge is 0.465 e. The molecule has 0 radical (unpaired) electrons. The van der Waals surface area contributed by atoms with Crippen molar-refractivity contribution in [1.82, 2.24) is 0 Å². The predicted molar refractivity (Wildman–Crippen MR) is 55.5 cm³/mol.